The van der Waals surface area contributed by atoms with E-state index in [4.69, 9.17) is 0 Å². The fourth-order valence-corrected chi connectivity index (χ4v) is 6.15. The standard InChI is InChI=1S/C38H28/c1-3-13-27(14-4-1)31-17-7-8-18-32(31)28-23-25-30(26-24-28)38-35-21-11-9-19-33(35)37(29-15-5-2-6-16-29)34-20-10-12-22-36(34)38/h1-26,31-32H. The molecule has 7 rings (SSSR count). The Morgan fingerprint density at radius 1 is 0.316 bits per heavy atom. The smallest absolute Gasteiger partial charge is 0.0125 e. The highest BCUT2D eigenvalue weighted by Gasteiger charge is 2.22. The average Bonchev–Trinajstić information content (AvgIpc) is 3.01. The van der Waals surface area contributed by atoms with E-state index in [2.05, 4.69) is 158 Å². The molecule has 0 saturated heterocycles. The summed E-state index contributed by atoms with van der Waals surface area (Å²) in [6.07, 6.45) is 9.03. The van der Waals surface area contributed by atoms with E-state index in [9.17, 15) is 0 Å². The molecule has 0 nitrogen and oxygen atoms in total. The Morgan fingerprint density at radius 2 is 0.684 bits per heavy atom. The van der Waals surface area contributed by atoms with Crippen molar-refractivity contribution in [3.63, 3.8) is 0 Å². The largest absolute Gasteiger partial charge is 0.0761 e. The van der Waals surface area contributed by atoms with Gasteiger partial charge in [-0.2, -0.15) is 0 Å². The lowest BCUT2D eigenvalue weighted by atomic mass is 9.78. The normalized spacial score (nSPS) is 16.7. The van der Waals surface area contributed by atoms with Crippen molar-refractivity contribution < 1.29 is 0 Å². The molecular formula is C38H28. The quantitative estimate of drug-likeness (QED) is 0.218. The molecule has 0 heterocycles. The van der Waals surface area contributed by atoms with Gasteiger partial charge in [-0.15, -0.1) is 0 Å². The van der Waals surface area contributed by atoms with Crippen LogP contribution < -0.4 is 0 Å². The van der Waals surface area contributed by atoms with Crippen molar-refractivity contribution >= 4 is 21.5 Å². The summed E-state index contributed by atoms with van der Waals surface area (Å²) >= 11 is 0. The second kappa shape index (κ2) is 9.65. The lowest BCUT2D eigenvalue weighted by Gasteiger charge is -2.25. The molecule has 0 fully saturated rings. The number of hydrogen-bond donors (Lipinski definition) is 0. The first-order valence-corrected chi connectivity index (χ1v) is 13.4. The van der Waals surface area contributed by atoms with Gasteiger partial charge in [-0.05, 0) is 54.9 Å². The zero-order chi connectivity index (χ0) is 25.3. The van der Waals surface area contributed by atoms with Crippen LogP contribution in [0.15, 0.2) is 158 Å². The van der Waals surface area contributed by atoms with E-state index in [1.807, 2.05) is 0 Å². The van der Waals surface area contributed by atoms with E-state index in [0.29, 0.717) is 11.8 Å². The Bertz CT molecular complexity index is 1730. The van der Waals surface area contributed by atoms with Crippen LogP contribution in [-0.2, 0) is 0 Å². The van der Waals surface area contributed by atoms with Gasteiger partial charge >= 0.3 is 0 Å². The van der Waals surface area contributed by atoms with E-state index >= 15 is 0 Å². The molecule has 0 N–H and O–H groups in total. The third-order valence-electron chi connectivity index (χ3n) is 7.90. The number of rotatable bonds is 4. The first kappa shape index (κ1) is 22.5. The van der Waals surface area contributed by atoms with Gasteiger partial charge in [0.2, 0.25) is 0 Å². The number of benzene rings is 6. The van der Waals surface area contributed by atoms with Gasteiger partial charge in [0.05, 0.1) is 0 Å². The molecule has 1 aliphatic carbocycles. The Morgan fingerprint density at radius 3 is 1.16 bits per heavy atom. The lowest BCUT2D eigenvalue weighted by Crippen LogP contribution is -2.09. The van der Waals surface area contributed by atoms with Crippen molar-refractivity contribution in [3.8, 4) is 22.3 Å². The van der Waals surface area contributed by atoms with Gasteiger partial charge in [-0.25, -0.2) is 0 Å². The Kier molecular flexibility index (Phi) is 5.72. The molecule has 0 bridgehead atoms. The first-order chi connectivity index (χ1) is 18.9. The van der Waals surface area contributed by atoms with E-state index in [1.54, 1.807) is 0 Å². The van der Waals surface area contributed by atoms with E-state index in [0.717, 1.165) is 0 Å². The fourth-order valence-electron chi connectivity index (χ4n) is 6.15. The Hall–Kier alpha value is -4.68. The van der Waals surface area contributed by atoms with Crippen LogP contribution in [0.25, 0.3) is 43.8 Å². The molecule has 0 amide bonds. The molecule has 0 aromatic heterocycles. The SMILES string of the molecule is C1=CC(c2ccccc2)C(c2ccc(-c3c4ccccc4c(-c4ccccc4)c4ccccc34)cc2)C=C1. The predicted molar refractivity (Wildman–Crippen MR) is 163 cm³/mol. The van der Waals surface area contributed by atoms with Crippen molar-refractivity contribution in [1.29, 1.82) is 0 Å². The third-order valence-corrected chi connectivity index (χ3v) is 7.90. The van der Waals surface area contributed by atoms with Crippen LogP contribution in [0.4, 0.5) is 0 Å². The van der Waals surface area contributed by atoms with Crippen molar-refractivity contribution in [1.82, 2.24) is 0 Å². The molecule has 0 aliphatic heterocycles. The summed E-state index contributed by atoms with van der Waals surface area (Å²) in [6, 6.07) is 48.6. The van der Waals surface area contributed by atoms with Gasteiger partial charge in [0.15, 0.2) is 0 Å². The molecule has 2 unspecified atom stereocenters. The molecule has 6 aromatic carbocycles. The summed E-state index contributed by atoms with van der Waals surface area (Å²) in [5.74, 6) is 0.671. The Labute approximate surface area is 224 Å². The van der Waals surface area contributed by atoms with Crippen LogP contribution in [0, 0.1) is 0 Å². The maximum absolute atomic E-state index is 2.34. The molecule has 0 radical (unpaired) electrons. The van der Waals surface area contributed by atoms with Crippen LogP contribution in [0.2, 0.25) is 0 Å². The van der Waals surface area contributed by atoms with Crippen molar-refractivity contribution in [3.05, 3.63) is 169 Å². The monoisotopic (exact) mass is 484 g/mol. The lowest BCUT2D eigenvalue weighted by molar-refractivity contribution is 0.730. The molecule has 0 spiro atoms. The van der Waals surface area contributed by atoms with Crippen LogP contribution >= 0.6 is 0 Å². The van der Waals surface area contributed by atoms with Crippen LogP contribution in [0.1, 0.15) is 23.0 Å². The molecular weight excluding hydrogens is 456 g/mol. The van der Waals surface area contributed by atoms with E-state index in [-0.39, 0.29) is 0 Å². The van der Waals surface area contributed by atoms with Gasteiger partial charge in [-0.1, -0.05) is 158 Å². The van der Waals surface area contributed by atoms with Crippen molar-refractivity contribution in [2.45, 2.75) is 11.8 Å². The minimum Gasteiger partial charge on any atom is -0.0761 e. The van der Waals surface area contributed by atoms with Crippen molar-refractivity contribution in [2.24, 2.45) is 0 Å². The summed E-state index contributed by atoms with van der Waals surface area (Å²) in [5.41, 5.74) is 7.83. The summed E-state index contributed by atoms with van der Waals surface area (Å²) in [6.45, 7) is 0. The zero-order valence-corrected chi connectivity index (χ0v) is 21.2. The third kappa shape index (κ3) is 3.86. The van der Waals surface area contributed by atoms with Gasteiger partial charge in [0.1, 0.15) is 0 Å². The second-order valence-electron chi connectivity index (χ2n) is 10.1. The number of fused-ring (bicyclic) bond motifs is 2. The zero-order valence-electron chi connectivity index (χ0n) is 21.2. The highest BCUT2D eigenvalue weighted by molar-refractivity contribution is 6.21. The van der Waals surface area contributed by atoms with Crippen molar-refractivity contribution in [2.75, 3.05) is 0 Å². The summed E-state index contributed by atoms with van der Waals surface area (Å²) in [7, 11) is 0. The van der Waals surface area contributed by atoms with Gasteiger partial charge in [0, 0.05) is 11.8 Å². The van der Waals surface area contributed by atoms with E-state index < -0.39 is 0 Å². The molecule has 6 aromatic rings. The van der Waals surface area contributed by atoms with Gasteiger partial charge < -0.3 is 0 Å². The molecule has 180 valence electrons. The molecule has 1 aliphatic rings. The maximum Gasteiger partial charge on any atom is 0.0125 e. The van der Waals surface area contributed by atoms with Gasteiger partial charge in [-0.3, -0.25) is 0 Å². The molecule has 38 heavy (non-hydrogen) atoms. The van der Waals surface area contributed by atoms with E-state index in [1.165, 1.54) is 54.9 Å². The minimum absolute atomic E-state index is 0.324. The number of hydrogen-bond acceptors (Lipinski definition) is 0. The highest BCUT2D eigenvalue weighted by Crippen LogP contribution is 2.44. The predicted octanol–water partition coefficient (Wildman–Crippen LogP) is 10.3. The maximum atomic E-state index is 2.34. The van der Waals surface area contributed by atoms with Crippen LogP contribution in [0.5, 0.6) is 0 Å². The summed E-state index contributed by atoms with van der Waals surface area (Å²) in [5, 5.41) is 5.17. The first-order valence-electron chi connectivity index (χ1n) is 13.4. The summed E-state index contributed by atoms with van der Waals surface area (Å²) < 4.78 is 0. The summed E-state index contributed by atoms with van der Waals surface area (Å²) in [4.78, 5) is 0. The Balaban J connectivity index is 1.39. The number of allylic oxidation sites excluding steroid dienone is 4. The molecule has 0 heteroatoms. The van der Waals surface area contributed by atoms with Crippen LogP contribution in [0.3, 0.4) is 0 Å². The van der Waals surface area contributed by atoms with Crippen LogP contribution in [-0.4, -0.2) is 0 Å². The minimum atomic E-state index is 0.324. The fraction of sp³-hybridized carbons (Fsp3) is 0.0526. The van der Waals surface area contributed by atoms with Gasteiger partial charge in [0.25, 0.3) is 0 Å². The molecule has 2 atom stereocenters. The molecule has 0 saturated carbocycles. The average molecular weight is 485 g/mol. The second-order valence-corrected chi connectivity index (χ2v) is 10.1. The topological polar surface area (TPSA) is 0 Å². The highest BCUT2D eigenvalue weighted by atomic mass is 14.3.